The highest BCUT2D eigenvalue weighted by Crippen LogP contribution is 1.86. The monoisotopic (exact) mass is 182 g/mol. The van der Waals surface area contributed by atoms with E-state index in [9.17, 15) is 8.78 Å². The summed E-state index contributed by atoms with van der Waals surface area (Å²) in [6, 6.07) is -1.15. The van der Waals surface area contributed by atoms with Crippen molar-refractivity contribution in [1.29, 1.82) is 0 Å². The lowest BCUT2D eigenvalue weighted by atomic mass is 10.3. The maximum atomic E-state index is 11.5. The molecule has 60 valence electrons. The zero-order chi connectivity index (χ0) is 5.86. The van der Waals surface area contributed by atoms with Crippen LogP contribution in [0.1, 0.15) is 0 Å². The molecule has 0 aromatic rings. The summed E-state index contributed by atoms with van der Waals surface area (Å²) in [6.07, 6.45) is -1.73. The third kappa shape index (κ3) is 8.36. The molecule has 0 radical (unpaired) electrons. The van der Waals surface area contributed by atoms with E-state index < -0.39 is 19.0 Å². The SMILES string of the molecule is Cl.Cl.NC(F)C(N)CF. The lowest BCUT2D eigenvalue weighted by Gasteiger charge is -2.05. The summed E-state index contributed by atoms with van der Waals surface area (Å²) in [5.74, 6) is 0. The Bertz CT molecular complexity index is 55.1. The molecule has 0 aromatic heterocycles. The van der Waals surface area contributed by atoms with Crippen molar-refractivity contribution in [2.24, 2.45) is 11.5 Å². The highest BCUT2D eigenvalue weighted by molar-refractivity contribution is 5.85. The molecule has 2 atom stereocenters. The van der Waals surface area contributed by atoms with Crippen LogP contribution in [0, 0.1) is 0 Å². The summed E-state index contributed by atoms with van der Waals surface area (Å²) >= 11 is 0. The van der Waals surface area contributed by atoms with Gasteiger partial charge in [0.1, 0.15) is 6.67 Å². The Hall–Kier alpha value is 0.360. The summed E-state index contributed by atoms with van der Waals surface area (Å²) in [4.78, 5) is 0. The van der Waals surface area contributed by atoms with Gasteiger partial charge in [-0.1, -0.05) is 0 Å². The van der Waals surface area contributed by atoms with Gasteiger partial charge in [-0.3, -0.25) is 0 Å². The van der Waals surface area contributed by atoms with Crippen molar-refractivity contribution >= 4 is 24.8 Å². The molecular weight excluding hydrogens is 173 g/mol. The second kappa shape index (κ2) is 8.36. The van der Waals surface area contributed by atoms with Crippen molar-refractivity contribution in [3.63, 3.8) is 0 Å². The van der Waals surface area contributed by atoms with Gasteiger partial charge in [0.15, 0.2) is 6.30 Å². The van der Waals surface area contributed by atoms with E-state index >= 15 is 0 Å². The van der Waals surface area contributed by atoms with Crippen LogP contribution in [0.4, 0.5) is 8.78 Å². The van der Waals surface area contributed by atoms with Crippen LogP contribution in [0.3, 0.4) is 0 Å². The van der Waals surface area contributed by atoms with Gasteiger partial charge in [0.25, 0.3) is 0 Å². The molecule has 0 heterocycles. The molecule has 0 fully saturated rings. The Balaban J connectivity index is -0.000000180. The molecule has 9 heavy (non-hydrogen) atoms. The van der Waals surface area contributed by atoms with Crippen molar-refractivity contribution in [3.8, 4) is 0 Å². The van der Waals surface area contributed by atoms with E-state index in [2.05, 4.69) is 5.73 Å². The predicted molar refractivity (Wildman–Crippen MR) is 37.5 cm³/mol. The van der Waals surface area contributed by atoms with Crippen molar-refractivity contribution in [1.82, 2.24) is 0 Å². The fourth-order valence-electron chi connectivity index (χ4n) is 0.0851. The van der Waals surface area contributed by atoms with Crippen LogP contribution in [-0.4, -0.2) is 19.0 Å². The topological polar surface area (TPSA) is 52.0 Å². The average Bonchev–Trinajstić information content (AvgIpc) is 1.65. The third-order valence-corrected chi connectivity index (χ3v) is 0.587. The highest BCUT2D eigenvalue weighted by Gasteiger charge is 2.08. The molecule has 0 aliphatic heterocycles. The first-order valence-corrected chi connectivity index (χ1v) is 1.89. The highest BCUT2D eigenvalue weighted by atomic mass is 35.5. The molecule has 0 amide bonds. The molecule has 0 saturated heterocycles. The standard InChI is InChI=1S/C3H8F2N2.2ClH/c4-1-2(6)3(5)7;;/h2-3H,1,6-7H2;2*1H. The number of hydrogen-bond donors (Lipinski definition) is 2. The molecule has 0 aromatic carbocycles. The molecule has 2 unspecified atom stereocenters. The second-order valence-corrected chi connectivity index (χ2v) is 1.26. The number of hydrogen-bond acceptors (Lipinski definition) is 2. The smallest absolute Gasteiger partial charge is 0.166 e. The minimum atomic E-state index is -1.73. The van der Waals surface area contributed by atoms with E-state index in [4.69, 9.17) is 5.73 Å². The van der Waals surface area contributed by atoms with Crippen LogP contribution in [0.15, 0.2) is 0 Å². The van der Waals surface area contributed by atoms with Gasteiger partial charge in [0, 0.05) is 0 Å². The average molecular weight is 183 g/mol. The fraction of sp³-hybridized carbons (Fsp3) is 1.00. The zero-order valence-electron chi connectivity index (χ0n) is 4.59. The van der Waals surface area contributed by atoms with Crippen molar-refractivity contribution in [3.05, 3.63) is 0 Å². The molecule has 0 aliphatic rings. The molecule has 0 spiro atoms. The largest absolute Gasteiger partial charge is 0.322 e. The molecule has 2 nitrogen and oxygen atoms in total. The van der Waals surface area contributed by atoms with Crippen LogP contribution < -0.4 is 11.5 Å². The molecular formula is C3H10Cl2F2N2. The first kappa shape index (κ1) is 16.2. The fourth-order valence-corrected chi connectivity index (χ4v) is 0.0851. The Morgan fingerprint density at radius 3 is 1.56 bits per heavy atom. The second-order valence-electron chi connectivity index (χ2n) is 1.26. The van der Waals surface area contributed by atoms with E-state index in [0.717, 1.165) is 0 Å². The molecule has 0 saturated carbocycles. The normalized spacial score (nSPS) is 14.7. The van der Waals surface area contributed by atoms with E-state index in [-0.39, 0.29) is 24.8 Å². The van der Waals surface area contributed by atoms with Gasteiger partial charge in [-0.25, -0.2) is 8.78 Å². The number of rotatable bonds is 2. The minimum absolute atomic E-state index is 0. The minimum Gasteiger partial charge on any atom is -0.322 e. The van der Waals surface area contributed by atoms with Crippen molar-refractivity contribution in [2.45, 2.75) is 12.3 Å². The van der Waals surface area contributed by atoms with Crippen molar-refractivity contribution < 1.29 is 8.78 Å². The predicted octanol–water partition coefficient (Wildman–Crippen LogP) is 0.381. The van der Waals surface area contributed by atoms with Crippen molar-refractivity contribution in [2.75, 3.05) is 6.67 Å². The first-order valence-electron chi connectivity index (χ1n) is 1.89. The Morgan fingerprint density at radius 1 is 1.22 bits per heavy atom. The summed E-state index contributed by atoms with van der Waals surface area (Å²) in [7, 11) is 0. The van der Waals surface area contributed by atoms with E-state index in [0.29, 0.717) is 0 Å². The molecule has 0 aliphatic carbocycles. The maximum absolute atomic E-state index is 11.5. The quantitative estimate of drug-likeness (QED) is 0.608. The molecule has 0 rings (SSSR count). The van der Waals surface area contributed by atoms with E-state index in [1.54, 1.807) is 0 Å². The number of alkyl halides is 2. The Kier molecular flexibility index (Phi) is 15.0. The van der Waals surface area contributed by atoms with Crippen LogP contribution in [-0.2, 0) is 0 Å². The lowest BCUT2D eigenvalue weighted by molar-refractivity contribution is 0.253. The lowest BCUT2D eigenvalue weighted by Crippen LogP contribution is -2.39. The summed E-state index contributed by atoms with van der Waals surface area (Å²) in [6.45, 7) is -0.905. The van der Waals surface area contributed by atoms with Gasteiger partial charge in [-0.05, 0) is 0 Å². The van der Waals surface area contributed by atoms with Gasteiger partial charge < -0.3 is 11.5 Å². The molecule has 0 bridgehead atoms. The van der Waals surface area contributed by atoms with Crippen LogP contribution in [0.25, 0.3) is 0 Å². The first-order chi connectivity index (χ1) is 3.18. The number of halogens is 4. The summed E-state index contributed by atoms with van der Waals surface area (Å²) in [5.41, 5.74) is 9.26. The van der Waals surface area contributed by atoms with E-state index in [1.165, 1.54) is 0 Å². The third-order valence-electron chi connectivity index (χ3n) is 0.587. The zero-order valence-corrected chi connectivity index (χ0v) is 6.22. The molecule has 6 heteroatoms. The van der Waals surface area contributed by atoms with Gasteiger partial charge in [-0.15, -0.1) is 24.8 Å². The summed E-state index contributed by atoms with van der Waals surface area (Å²) < 4.78 is 22.7. The van der Waals surface area contributed by atoms with Gasteiger partial charge in [0.2, 0.25) is 0 Å². The van der Waals surface area contributed by atoms with E-state index in [1.807, 2.05) is 0 Å². The Morgan fingerprint density at radius 2 is 1.56 bits per heavy atom. The van der Waals surface area contributed by atoms with Gasteiger partial charge in [-0.2, -0.15) is 0 Å². The van der Waals surface area contributed by atoms with Gasteiger partial charge in [0.05, 0.1) is 6.04 Å². The van der Waals surface area contributed by atoms with Crippen LogP contribution >= 0.6 is 24.8 Å². The summed E-state index contributed by atoms with van der Waals surface area (Å²) in [5, 5.41) is 0. The maximum Gasteiger partial charge on any atom is 0.166 e. The Labute approximate surface area is 64.8 Å². The molecule has 4 N–H and O–H groups in total. The van der Waals surface area contributed by atoms with Crippen LogP contribution in [0.5, 0.6) is 0 Å². The number of nitrogens with two attached hydrogens (primary N) is 2. The van der Waals surface area contributed by atoms with Crippen LogP contribution in [0.2, 0.25) is 0 Å². The van der Waals surface area contributed by atoms with Gasteiger partial charge >= 0.3 is 0 Å².